The van der Waals surface area contributed by atoms with Crippen LogP contribution in [0.15, 0.2) is 0 Å². The maximum atomic E-state index is 11.4. The standard InChI is InChI=1S/C11H21NO3/c1-3-11(9-15-2,10(13)14)12-7-5-4-6-8-12/h3-9H2,1-2H3,(H,13,14). The molecule has 0 amide bonds. The molecular weight excluding hydrogens is 194 g/mol. The zero-order valence-corrected chi connectivity index (χ0v) is 9.66. The van der Waals surface area contributed by atoms with E-state index in [2.05, 4.69) is 4.90 Å². The van der Waals surface area contributed by atoms with E-state index in [9.17, 15) is 9.90 Å². The Hall–Kier alpha value is -0.610. The molecule has 4 nitrogen and oxygen atoms in total. The summed E-state index contributed by atoms with van der Waals surface area (Å²) in [4.78, 5) is 13.5. The van der Waals surface area contributed by atoms with E-state index in [0.29, 0.717) is 6.42 Å². The van der Waals surface area contributed by atoms with Gasteiger partial charge in [-0.1, -0.05) is 13.3 Å². The Morgan fingerprint density at radius 3 is 2.40 bits per heavy atom. The largest absolute Gasteiger partial charge is 0.480 e. The van der Waals surface area contributed by atoms with Crippen molar-refractivity contribution in [2.24, 2.45) is 0 Å². The third-order valence-electron chi connectivity index (χ3n) is 3.33. The molecule has 0 bridgehead atoms. The van der Waals surface area contributed by atoms with Gasteiger partial charge >= 0.3 is 5.97 Å². The lowest BCUT2D eigenvalue weighted by atomic mass is 9.92. The average Bonchev–Trinajstić information content (AvgIpc) is 2.26. The second kappa shape index (κ2) is 5.47. The highest BCUT2D eigenvalue weighted by molar-refractivity contribution is 5.79. The Balaban J connectivity index is 2.80. The van der Waals surface area contributed by atoms with Gasteiger partial charge in [-0.25, -0.2) is 0 Å². The molecule has 1 rings (SSSR count). The van der Waals surface area contributed by atoms with Crippen LogP contribution in [0.5, 0.6) is 0 Å². The molecule has 4 heteroatoms. The van der Waals surface area contributed by atoms with Crippen LogP contribution in [0.4, 0.5) is 0 Å². The fourth-order valence-electron chi connectivity index (χ4n) is 2.33. The number of hydrogen-bond acceptors (Lipinski definition) is 3. The molecule has 0 aromatic heterocycles. The number of ether oxygens (including phenoxy) is 1. The topological polar surface area (TPSA) is 49.8 Å². The monoisotopic (exact) mass is 215 g/mol. The molecule has 0 saturated carbocycles. The van der Waals surface area contributed by atoms with Crippen LogP contribution in [0.25, 0.3) is 0 Å². The fourth-order valence-corrected chi connectivity index (χ4v) is 2.33. The normalized spacial score (nSPS) is 22.3. The number of methoxy groups -OCH3 is 1. The number of carbonyl (C=O) groups is 1. The first-order valence-corrected chi connectivity index (χ1v) is 5.64. The van der Waals surface area contributed by atoms with E-state index in [0.717, 1.165) is 25.9 Å². The number of hydrogen-bond donors (Lipinski definition) is 1. The van der Waals surface area contributed by atoms with Crippen LogP contribution in [-0.2, 0) is 9.53 Å². The van der Waals surface area contributed by atoms with Crippen molar-refractivity contribution in [3.05, 3.63) is 0 Å². The summed E-state index contributed by atoms with van der Waals surface area (Å²) in [7, 11) is 1.57. The van der Waals surface area contributed by atoms with Crippen LogP contribution in [0, 0.1) is 0 Å². The molecule has 0 aromatic rings. The second-order valence-electron chi connectivity index (χ2n) is 4.17. The van der Waals surface area contributed by atoms with Gasteiger partial charge in [0.15, 0.2) is 0 Å². The minimum atomic E-state index is -0.810. The van der Waals surface area contributed by atoms with Crippen LogP contribution in [-0.4, -0.2) is 48.3 Å². The third kappa shape index (κ3) is 2.49. The second-order valence-corrected chi connectivity index (χ2v) is 4.17. The number of likely N-dealkylation sites (tertiary alicyclic amines) is 1. The molecule has 0 aliphatic carbocycles. The molecular formula is C11H21NO3. The number of piperidine rings is 1. The molecule has 1 heterocycles. The van der Waals surface area contributed by atoms with Gasteiger partial charge in [-0.05, 0) is 32.4 Å². The van der Waals surface area contributed by atoms with Gasteiger partial charge in [-0.2, -0.15) is 0 Å². The lowest BCUT2D eigenvalue weighted by Crippen LogP contribution is -2.58. The maximum absolute atomic E-state index is 11.4. The molecule has 0 radical (unpaired) electrons. The Morgan fingerprint density at radius 1 is 1.40 bits per heavy atom. The lowest BCUT2D eigenvalue weighted by Gasteiger charge is -2.41. The van der Waals surface area contributed by atoms with Crippen molar-refractivity contribution < 1.29 is 14.6 Å². The number of carboxylic acids is 1. The average molecular weight is 215 g/mol. The zero-order valence-electron chi connectivity index (χ0n) is 9.66. The Bertz CT molecular complexity index is 214. The summed E-state index contributed by atoms with van der Waals surface area (Å²) in [5.41, 5.74) is -0.810. The van der Waals surface area contributed by atoms with Crippen molar-refractivity contribution in [2.75, 3.05) is 26.8 Å². The molecule has 1 fully saturated rings. The van der Waals surface area contributed by atoms with E-state index in [4.69, 9.17) is 4.74 Å². The van der Waals surface area contributed by atoms with Crippen LogP contribution in [0.3, 0.4) is 0 Å². The van der Waals surface area contributed by atoms with Crippen LogP contribution in [0.2, 0.25) is 0 Å². The summed E-state index contributed by atoms with van der Waals surface area (Å²) in [5, 5.41) is 9.39. The van der Waals surface area contributed by atoms with E-state index in [-0.39, 0.29) is 6.61 Å². The first kappa shape index (κ1) is 12.5. The van der Waals surface area contributed by atoms with Gasteiger partial charge in [0.1, 0.15) is 5.54 Å². The summed E-state index contributed by atoms with van der Waals surface area (Å²) in [6, 6.07) is 0. The van der Waals surface area contributed by atoms with Gasteiger partial charge in [0.25, 0.3) is 0 Å². The number of carboxylic acid groups (broad SMARTS) is 1. The number of rotatable bonds is 5. The highest BCUT2D eigenvalue weighted by Gasteiger charge is 2.43. The fraction of sp³-hybridized carbons (Fsp3) is 0.909. The summed E-state index contributed by atoms with van der Waals surface area (Å²) >= 11 is 0. The Kier molecular flexibility index (Phi) is 4.54. The highest BCUT2D eigenvalue weighted by Crippen LogP contribution is 2.25. The van der Waals surface area contributed by atoms with E-state index in [1.54, 1.807) is 7.11 Å². The van der Waals surface area contributed by atoms with E-state index >= 15 is 0 Å². The first-order chi connectivity index (χ1) is 7.17. The predicted molar refractivity (Wildman–Crippen MR) is 58.0 cm³/mol. The maximum Gasteiger partial charge on any atom is 0.326 e. The smallest absolute Gasteiger partial charge is 0.326 e. The van der Waals surface area contributed by atoms with Gasteiger partial charge < -0.3 is 9.84 Å². The van der Waals surface area contributed by atoms with Gasteiger partial charge in [-0.15, -0.1) is 0 Å². The minimum absolute atomic E-state index is 0.277. The lowest BCUT2D eigenvalue weighted by molar-refractivity contribution is -0.157. The zero-order chi connectivity index (χ0) is 11.3. The molecule has 1 atom stereocenters. The van der Waals surface area contributed by atoms with Gasteiger partial charge in [0.2, 0.25) is 0 Å². The predicted octanol–water partition coefficient (Wildman–Crippen LogP) is 1.35. The quantitative estimate of drug-likeness (QED) is 0.752. The molecule has 0 aromatic carbocycles. The van der Waals surface area contributed by atoms with Crippen LogP contribution < -0.4 is 0 Å². The van der Waals surface area contributed by atoms with Crippen molar-refractivity contribution in [3.8, 4) is 0 Å². The molecule has 1 unspecified atom stereocenters. The summed E-state index contributed by atoms with van der Waals surface area (Å²) < 4.78 is 5.09. The Morgan fingerprint density at radius 2 is 2.00 bits per heavy atom. The molecule has 1 aliphatic rings. The Labute approximate surface area is 91.2 Å². The van der Waals surface area contributed by atoms with Crippen LogP contribution in [0.1, 0.15) is 32.6 Å². The van der Waals surface area contributed by atoms with Crippen molar-refractivity contribution in [1.29, 1.82) is 0 Å². The molecule has 15 heavy (non-hydrogen) atoms. The molecule has 88 valence electrons. The third-order valence-corrected chi connectivity index (χ3v) is 3.33. The van der Waals surface area contributed by atoms with Gasteiger partial charge in [0, 0.05) is 7.11 Å². The van der Waals surface area contributed by atoms with Crippen molar-refractivity contribution >= 4 is 5.97 Å². The van der Waals surface area contributed by atoms with Gasteiger partial charge in [-0.3, -0.25) is 9.69 Å². The molecule has 1 N–H and O–H groups in total. The first-order valence-electron chi connectivity index (χ1n) is 5.64. The van der Waals surface area contributed by atoms with Gasteiger partial charge in [0.05, 0.1) is 6.61 Å². The number of aliphatic carboxylic acids is 1. The van der Waals surface area contributed by atoms with Crippen molar-refractivity contribution in [2.45, 2.75) is 38.1 Å². The molecule has 1 saturated heterocycles. The highest BCUT2D eigenvalue weighted by atomic mass is 16.5. The molecule has 0 spiro atoms. The summed E-state index contributed by atoms with van der Waals surface area (Å²) in [6.45, 7) is 3.95. The minimum Gasteiger partial charge on any atom is -0.480 e. The molecule has 1 aliphatic heterocycles. The van der Waals surface area contributed by atoms with E-state index in [1.165, 1.54) is 6.42 Å². The SMILES string of the molecule is CCC(COC)(C(=O)O)N1CCCCC1. The van der Waals surface area contributed by atoms with E-state index < -0.39 is 11.5 Å². The van der Waals surface area contributed by atoms with Crippen LogP contribution >= 0.6 is 0 Å². The summed E-state index contributed by atoms with van der Waals surface area (Å²) in [6.07, 6.45) is 4.00. The van der Waals surface area contributed by atoms with E-state index in [1.807, 2.05) is 6.92 Å². The number of nitrogens with zero attached hydrogens (tertiary/aromatic N) is 1. The van der Waals surface area contributed by atoms with Crippen molar-refractivity contribution in [3.63, 3.8) is 0 Å². The summed E-state index contributed by atoms with van der Waals surface area (Å²) in [5.74, 6) is -0.756. The van der Waals surface area contributed by atoms with Crippen molar-refractivity contribution in [1.82, 2.24) is 4.90 Å².